The fourth-order valence-corrected chi connectivity index (χ4v) is 11.7. The Labute approximate surface area is 317 Å². The highest BCUT2D eigenvalue weighted by Crippen LogP contribution is 2.71. The molecule has 3 unspecified atom stereocenters. The standard InChI is InChI=1S/C50H41BO3/c1-47(2)48(3,4)54-51(53-47)41-26-15-25-39-45(41)46-40(28-29-43-44(46)32-18-7-14-27-42(32)52-43)50(39)37-23-12-10-21-35(37)49(36-22-11-13-24-38(36)50)33-19-8-5-16-30(33)31-17-6-9-20-34(31)49/h5-12,14-23,25-29,40,46H,13,24H2,1-4H3. The number of hydrogen-bond acceptors (Lipinski definition) is 3. The van der Waals surface area contributed by atoms with Crippen LogP contribution in [-0.2, 0) is 20.1 Å². The second-order valence-corrected chi connectivity index (χ2v) is 17.2. The van der Waals surface area contributed by atoms with Crippen LogP contribution in [0.1, 0.15) is 91.2 Å². The summed E-state index contributed by atoms with van der Waals surface area (Å²) in [6, 6.07) is 43.3. The van der Waals surface area contributed by atoms with Gasteiger partial charge in [-0.05, 0) is 114 Å². The van der Waals surface area contributed by atoms with E-state index in [4.69, 9.17) is 13.7 Å². The van der Waals surface area contributed by atoms with Crippen molar-refractivity contribution < 1.29 is 13.7 Å². The molecule has 1 aromatic heterocycles. The first-order chi connectivity index (χ1) is 26.3. The SMILES string of the molecule is CC1(C)OB(c2cccc3c2C2c4c(oc5ccccc45)C=CC2C32C3=C(C=CCC3)C3(c4ccccc4-c4ccccc43)c3ccccc32)OC1(C)C. The Balaban J connectivity index is 1.23. The molecule has 12 rings (SSSR count). The molecule has 3 atom stereocenters. The average molecular weight is 701 g/mol. The summed E-state index contributed by atoms with van der Waals surface area (Å²) in [5, 5.41) is 1.19. The molecule has 2 spiro atoms. The van der Waals surface area contributed by atoms with E-state index in [0.717, 1.165) is 29.6 Å². The van der Waals surface area contributed by atoms with Gasteiger partial charge in [0.25, 0.3) is 0 Å². The molecule has 0 amide bonds. The summed E-state index contributed by atoms with van der Waals surface area (Å²) in [7, 11) is -0.494. The van der Waals surface area contributed by atoms with Crippen LogP contribution in [0.5, 0.6) is 0 Å². The zero-order valence-corrected chi connectivity index (χ0v) is 31.2. The quantitative estimate of drug-likeness (QED) is 0.160. The van der Waals surface area contributed by atoms with Crippen molar-refractivity contribution in [3.05, 3.63) is 189 Å². The fraction of sp³-hybridized carbons (Fsp3) is 0.240. The van der Waals surface area contributed by atoms with E-state index < -0.39 is 29.2 Å². The summed E-state index contributed by atoms with van der Waals surface area (Å²) in [4.78, 5) is 0. The molecule has 0 N–H and O–H groups in total. The predicted octanol–water partition coefficient (Wildman–Crippen LogP) is 10.8. The highest BCUT2D eigenvalue weighted by atomic mass is 16.7. The Kier molecular flexibility index (Phi) is 5.97. The molecule has 6 aromatic rings. The topological polar surface area (TPSA) is 31.6 Å². The summed E-state index contributed by atoms with van der Waals surface area (Å²) in [6.07, 6.45) is 11.7. The third-order valence-electron chi connectivity index (χ3n) is 14.4. The fourth-order valence-electron chi connectivity index (χ4n) is 11.7. The smallest absolute Gasteiger partial charge is 0.456 e. The monoisotopic (exact) mass is 700 g/mol. The minimum atomic E-state index is -0.494. The lowest BCUT2D eigenvalue weighted by Crippen LogP contribution is -2.47. The van der Waals surface area contributed by atoms with Gasteiger partial charge in [0, 0.05) is 28.2 Å². The van der Waals surface area contributed by atoms with E-state index in [1.54, 1.807) is 0 Å². The Morgan fingerprint density at radius 1 is 0.611 bits per heavy atom. The van der Waals surface area contributed by atoms with Crippen LogP contribution in [0.4, 0.5) is 0 Å². The van der Waals surface area contributed by atoms with Crippen molar-refractivity contribution >= 4 is 29.6 Å². The van der Waals surface area contributed by atoms with E-state index in [2.05, 4.69) is 167 Å². The summed E-state index contributed by atoms with van der Waals surface area (Å²) >= 11 is 0. The van der Waals surface area contributed by atoms with Gasteiger partial charge >= 0.3 is 7.12 Å². The van der Waals surface area contributed by atoms with Gasteiger partial charge < -0.3 is 13.7 Å². The Morgan fingerprint density at radius 2 is 1.24 bits per heavy atom. The van der Waals surface area contributed by atoms with Crippen molar-refractivity contribution in [3.8, 4) is 11.1 Å². The first kappa shape index (κ1) is 31.2. The maximum atomic E-state index is 6.93. The average Bonchev–Trinajstić information content (AvgIpc) is 3.88. The van der Waals surface area contributed by atoms with E-state index in [1.807, 2.05) is 0 Å². The molecule has 0 saturated carbocycles. The summed E-state index contributed by atoms with van der Waals surface area (Å²) in [5.74, 6) is 1.09. The maximum Gasteiger partial charge on any atom is 0.495 e. The predicted molar refractivity (Wildman–Crippen MR) is 217 cm³/mol. The molecule has 5 aliphatic carbocycles. The number of rotatable bonds is 1. The summed E-state index contributed by atoms with van der Waals surface area (Å²) < 4.78 is 20.5. The van der Waals surface area contributed by atoms with Crippen molar-refractivity contribution in [2.45, 2.75) is 68.5 Å². The molecule has 1 aliphatic heterocycles. The number of hydrogen-bond donors (Lipinski definition) is 0. The molecule has 54 heavy (non-hydrogen) atoms. The van der Waals surface area contributed by atoms with Crippen LogP contribution in [0, 0.1) is 5.92 Å². The van der Waals surface area contributed by atoms with Crippen molar-refractivity contribution in [2.24, 2.45) is 5.92 Å². The molecule has 2 heterocycles. The second-order valence-electron chi connectivity index (χ2n) is 17.2. The van der Waals surface area contributed by atoms with Gasteiger partial charge in [-0.1, -0.05) is 127 Å². The Hall–Kier alpha value is -5.16. The van der Waals surface area contributed by atoms with Crippen LogP contribution >= 0.6 is 0 Å². The number of fused-ring (bicyclic) bond motifs is 19. The van der Waals surface area contributed by atoms with Gasteiger partial charge in [-0.15, -0.1) is 0 Å². The molecule has 4 heteroatoms. The number of benzene rings is 5. The lowest BCUT2D eigenvalue weighted by Gasteiger charge is -2.52. The molecule has 1 fully saturated rings. The van der Waals surface area contributed by atoms with E-state index in [1.165, 1.54) is 66.6 Å². The zero-order valence-electron chi connectivity index (χ0n) is 31.2. The third-order valence-corrected chi connectivity index (χ3v) is 14.4. The Bertz CT molecular complexity index is 2660. The minimum absolute atomic E-state index is 0.0313. The minimum Gasteiger partial charge on any atom is -0.456 e. The molecule has 1 saturated heterocycles. The summed E-state index contributed by atoms with van der Waals surface area (Å²) in [5.41, 5.74) is 15.5. The van der Waals surface area contributed by atoms with Gasteiger partial charge in [0.15, 0.2) is 0 Å². The van der Waals surface area contributed by atoms with Crippen LogP contribution in [0.2, 0.25) is 0 Å². The lowest BCUT2D eigenvalue weighted by atomic mass is 9.49. The van der Waals surface area contributed by atoms with Crippen LogP contribution in [0.3, 0.4) is 0 Å². The van der Waals surface area contributed by atoms with Crippen molar-refractivity contribution in [1.29, 1.82) is 0 Å². The number of furan rings is 1. The molecule has 6 aliphatic rings. The van der Waals surface area contributed by atoms with Crippen LogP contribution < -0.4 is 5.46 Å². The summed E-state index contributed by atoms with van der Waals surface area (Å²) in [6.45, 7) is 8.63. The van der Waals surface area contributed by atoms with Crippen molar-refractivity contribution in [1.82, 2.24) is 0 Å². The number of allylic oxidation sites excluding steroid dienone is 5. The van der Waals surface area contributed by atoms with Gasteiger partial charge in [0.1, 0.15) is 11.3 Å². The van der Waals surface area contributed by atoms with Gasteiger partial charge in [-0.25, -0.2) is 0 Å². The first-order valence-electron chi connectivity index (χ1n) is 19.7. The number of para-hydroxylation sites is 1. The van der Waals surface area contributed by atoms with Gasteiger partial charge in [0.05, 0.1) is 16.6 Å². The first-order valence-corrected chi connectivity index (χ1v) is 19.7. The van der Waals surface area contributed by atoms with E-state index in [0.29, 0.717) is 0 Å². The van der Waals surface area contributed by atoms with E-state index in [9.17, 15) is 0 Å². The van der Waals surface area contributed by atoms with Crippen molar-refractivity contribution in [3.63, 3.8) is 0 Å². The molecular formula is C50H41BO3. The molecule has 0 radical (unpaired) electrons. The second kappa shape index (κ2) is 10.3. The van der Waals surface area contributed by atoms with Gasteiger partial charge in [-0.3, -0.25) is 0 Å². The molecule has 0 bridgehead atoms. The Morgan fingerprint density at radius 3 is 1.98 bits per heavy atom. The van der Waals surface area contributed by atoms with Crippen LogP contribution in [0.15, 0.2) is 149 Å². The van der Waals surface area contributed by atoms with Crippen LogP contribution in [-0.4, -0.2) is 18.3 Å². The largest absolute Gasteiger partial charge is 0.495 e. The van der Waals surface area contributed by atoms with E-state index >= 15 is 0 Å². The molecular weight excluding hydrogens is 659 g/mol. The van der Waals surface area contributed by atoms with Crippen molar-refractivity contribution in [2.75, 3.05) is 0 Å². The molecule has 5 aromatic carbocycles. The molecule has 262 valence electrons. The highest BCUT2D eigenvalue weighted by molar-refractivity contribution is 6.62. The lowest BCUT2D eigenvalue weighted by molar-refractivity contribution is 0.00578. The van der Waals surface area contributed by atoms with Crippen LogP contribution in [0.25, 0.3) is 28.2 Å². The zero-order chi connectivity index (χ0) is 36.2. The third kappa shape index (κ3) is 3.49. The maximum absolute atomic E-state index is 6.93. The highest BCUT2D eigenvalue weighted by Gasteiger charge is 2.65. The van der Waals surface area contributed by atoms with Gasteiger partial charge in [-0.2, -0.15) is 0 Å². The van der Waals surface area contributed by atoms with Gasteiger partial charge in [0.2, 0.25) is 0 Å². The molecule has 3 nitrogen and oxygen atoms in total. The normalized spacial score (nSPS) is 25.4. The van der Waals surface area contributed by atoms with E-state index in [-0.39, 0.29) is 11.8 Å².